The van der Waals surface area contributed by atoms with E-state index in [2.05, 4.69) is 38.0 Å². The average molecular weight is 316 g/mol. The minimum absolute atomic E-state index is 0.529. The summed E-state index contributed by atoms with van der Waals surface area (Å²) in [7, 11) is 2.04. The predicted molar refractivity (Wildman–Crippen MR) is 75.8 cm³/mol. The number of aryl methyl sites for hydroxylation is 2. The molecule has 1 saturated heterocycles. The molecule has 1 aromatic heterocycles. The van der Waals surface area contributed by atoms with Gasteiger partial charge in [-0.1, -0.05) is 0 Å². The van der Waals surface area contributed by atoms with Crippen molar-refractivity contribution in [2.45, 2.75) is 39.3 Å². The molecule has 2 atom stereocenters. The van der Waals surface area contributed by atoms with Crippen molar-refractivity contribution in [1.29, 1.82) is 0 Å². The monoisotopic (exact) mass is 315 g/mol. The summed E-state index contributed by atoms with van der Waals surface area (Å²) in [4.78, 5) is 0. The summed E-state index contributed by atoms with van der Waals surface area (Å²) in [5.41, 5.74) is 2.37. The second-order valence-electron chi connectivity index (χ2n) is 4.88. The Labute approximate surface area is 117 Å². The lowest BCUT2D eigenvalue weighted by Gasteiger charge is -2.31. The normalized spacial score (nSPS) is 24.4. The third kappa shape index (κ3) is 2.78. The maximum Gasteiger partial charge on any atom is 0.0738 e. The van der Waals surface area contributed by atoms with E-state index >= 15 is 0 Å². The molecule has 0 amide bonds. The van der Waals surface area contributed by atoms with Gasteiger partial charge in [0.1, 0.15) is 0 Å². The third-order valence-corrected chi connectivity index (χ3v) is 4.78. The first-order valence-electron chi connectivity index (χ1n) is 6.64. The van der Waals surface area contributed by atoms with Gasteiger partial charge in [-0.25, -0.2) is 0 Å². The van der Waals surface area contributed by atoms with Crippen LogP contribution >= 0.6 is 15.9 Å². The van der Waals surface area contributed by atoms with E-state index in [4.69, 9.17) is 4.74 Å². The molecule has 4 nitrogen and oxygen atoms in total. The van der Waals surface area contributed by atoms with Gasteiger partial charge in [-0.2, -0.15) is 5.10 Å². The Hall–Kier alpha value is -0.390. The lowest BCUT2D eigenvalue weighted by molar-refractivity contribution is 0.0334. The Balaban J connectivity index is 2.17. The molecule has 1 fully saturated rings. The maximum absolute atomic E-state index is 5.62. The number of nitrogens with one attached hydrogen (secondary N) is 1. The van der Waals surface area contributed by atoms with Gasteiger partial charge >= 0.3 is 0 Å². The van der Waals surface area contributed by atoms with Gasteiger partial charge < -0.3 is 10.1 Å². The molecule has 1 aliphatic heterocycles. The van der Waals surface area contributed by atoms with E-state index in [1.807, 2.05) is 14.0 Å². The average Bonchev–Trinajstić information content (AvgIpc) is 2.67. The van der Waals surface area contributed by atoms with Crippen LogP contribution in [0.3, 0.4) is 0 Å². The Morgan fingerprint density at radius 3 is 3.00 bits per heavy atom. The Morgan fingerprint density at radius 2 is 2.33 bits per heavy atom. The second-order valence-corrected chi connectivity index (χ2v) is 5.68. The standard InChI is InChI=1S/C13H22BrN3O/c1-4-17-12(13(14)9(2)16-17)7-10-8-18-6-5-11(10)15-3/h10-11,15H,4-8H2,1-3H3. The van der Waals surface area contributed by atoms with Crippen LogP contribution < -0.4 is 5.32 Å². The van der Waals surface area contributed by atoms with Crippen LogP contribution in [-0.2, 0) is 17.7 Å². The quantitative estimate of drug-likeness (QED) is 0.925. The van der Waals surface area contributed by atoms with E-state index in [1.54, 1.807) is 0 Å². The Kier molecular flexibility index (Phi) is 4.81. The van der Waals surface area contributed by atoms with Crippen LogP contribution in [0.25, 0.3) is 0 Å². The van der Waals surface area contributed by atoms with Crippen molar-refractivity contribution in [3.8, 4) is 0 Å². The number of nitrogens with zero attached hydrogens (tertiary/aromatic N) is 2. The van der Waals surface area contributed by atoms with E-state index in [9.17, 15) is 0 Å². The van der Waals surface area contributed by atoms with Gasteiger partial charge in [0.05, 0.1) is 22.5 Å². The molecule has 0 spiro atoms. The van der Waals surface area contributed by atoms with Crippen molar-refractivity contribution in [3.05, 3.63) is 15.9 Å². The van der Waals surface area contributed by atoms with E-state index in [0.717, 1.165) is 42.8 Å². The Bertz CT molecular complexity index is 405. The molecular formula is C13H22BrN3O. The molecule has 2 heterocycles. The van der Waals surface area contributed by atoms with E-state index in [0.29, 0.717) is 12.0 Å². The second kappa shape index (κ2) is 6.17. The summed E-state index contributed by atoms with van der Waals surface area (Å²) in [6.45, 7) is 6.81. The number of aromatic nitrogens is 2. The van der Waals surface area contributed by atoms with E-state index < -0.39 is 0 Å². The third-order valence-electron chi connectivity index (χ3n) is 3.75. The van der Waals surface area contributed by atoms with Crippen LogP contribution in [-0.4, -0.2) is 36.1 Å². The zero-order chi connectivity index (χ0) is 13.1. The zero-order valence-corrected chi connectivity index (χ0v) is 13.0. The molecule has 2 rings (SSSR count). The van der Waals surface area contributed by atoms with Crippen LogP contribution in [0.1, 0.15) is 24.7 Å². The molecule has 0 aromatic carbocycles. The largest absolute Gasteiger partial charge is 0.381 e. The molecule has 1 aliphatic rings. The minimum atomic E-state index is 0.529. The molecule has 0 radical (unpaired) electrons. The van der Waals surface area contributed by atoms with Gasteiger partial charge in [0.25, 0.3) is 0 Å². The summed E-state index contributed by atoms with van der Waals surface area (Å²) in [6, 6.07) is 0.547. The van der Waals surface area contributed by atoms with Crippen LogP contribution in [0.5, 0.6) is 0 Å². The van der Waals surface area contributed by atoms with Gasteiger partial charge in [-0.05, 0) is 49.7 Å². The smallest absolute Gasteiger partial charge is 0.0738 e. The molecule has 1 aromatic rings. The van der Waals surface area contributed by atoms with Gasteiger partial charge in [-0.15, -0.1) is 0 Å². The molecule has 102 valence electrons. The number of rotatable bonds is 4. The molecule has 18 heavy (non-hydrogen) atoms. The summed E-state index contributed by atoms with van der Waals surface area (Å²) in [5.74, 6) is 0.529. The maximum atomic E-state index is 5.62. The SMILES string of the molecule is CCn1nc(C)c(Br)c1CC1COCCC1NC. The fraction of sp³-hybridized carbons (Fsp3) is 0.769. The highest BCUT2D eigenvalue weighted by molar-refractivity contribution is 9.10. The van der Waals surface area contributed by atoms with Crippen LogP contribution in [0.2, 0.25) is 0 Å². The predicted octanol–water partition coefficient (Wildman–Crippen LogP) is 2.14. The summed E-state index contributed by atoms with van der Waals surface area (Å²) >= 11 is 3.67. The lowest BCUT2D eigenvalue weighted by atomic mass is 9.91. The zero-order valence-electron chi connectivity index (χ0n) is 11.4. The van der Waals surface area contributed by atoms with Crippen molar-refractivity contribution in [3.63, 3.8) is 0 Å². The first kappa shape index (κ1) is 14.0. The van der Waals surface area contributed by atoms with Crippen LogP contribution in [0.4, 0.5) is 0 Å². The van der Waals surface area contributed by atoms with Crippen molar-refractivity contribution in [2.75, 3.05) is 20.3 Å². The highest BCUT2D eigenvalue weighted by Gasteiger charge is 2.27. The van der Waals surface area contributed by atoms with Crippen LogP contribution in [0.15, 0.2) is 4.47 Å². The first-order chi connectivity index (χ1) is 8.67. The number of hydrogen-bond acceptors (Lipinski definition) is 3. The van der Waals surface area contributed by atoms with Gasteiger partial charge in [0.2, 0.25) is 0 Å². The summed E-state index contributed by atoms with van der Waals surface area (Å²) in [6.07, 6.45) is 2.11. The molecule has 0 aliphatic carbocycles. The first-order valence-corrected chi connectivity index (χ1v) is 7.43. The molecule has 5 heteroatoms. The number of hydrogen-bond donors (Lipinski definition) is 1. The Morgan fingerprint density at radius 1 is 1.56 bits per heavy atom. The molecule has 1 N–H and O–H groups in total. The van der Waals surface area contributed by atoms with Gasteiger partial charge in [-0.3, -0.25) is 4.68 Å². The highest BCUT2D eigenvalue weighted by Crippen LogP contribution is 2.26. The lowest BCUT2D eigenvalue weighted by Crippen LogP contribution is -2.42. The summed E-state index contributed by atoms with van der Waals surface area (Å²) < 4.78 is 8.88. The van der Waals surface area contributed by atoms with Crippen LogP contribution in [0, 0.1) is 12.8 Å². The van der Waals surface area contributed by atoms with Gasteiger partial charge in [0, 0.05) is 25.1 Å². The fourth-order valence-corrected chi connectivity index (χ4v) is 3.14. The van der Waals surface area contributed by atoms with E-state index in [-0.39, 0.29) is 0 Å². The van der Waals surface area contributed by atoms with E-state index in [1.165, 1.54) is 5.69 Å². The van der Waals surface area contributed by atoms with Crippen molar-refractivity contribution >= 4 is 15.9 Å². The highest BCUT2D eigenvalue weighted by atomic mass is 79.9. The molecular weight excluding hydrogens is 294 g/mol. The fourth-order valence-electron chi connectivity index (χ4n) is 2.69. The minimum Gasteiger partial charge on any atom is -0.381 e. The molecule has 2 unspecified atom stereocenters. The van der Waals surface area contributed by atoms with Crippen molar-refractivity contribution in [2.24, 2.45) is 5.92 Å². The number of halogens is 1. The van der Waals surface area contributed by atoms with Crippen molar-refractivity contribution in [1.82, 2.24) is 15.1 Å². The summed E-state index contributed by atoms with van der Waals surface area (Å²) in [5, 5.41) is 7.97. The molecule has 0 saturated carbocycles. The topological polar surface area (TPSA) is 39.1 Å². The number of ether oxygens (including phenoxy) is 1. The van der Waals surface area contributed by atoms with Gasteiger partial charge in [0.15, 0.2) is 0 Å². The molecule has 0 bridgehead atoms. The van der Waals surface area contributed by atoms with Crippen molar-refractivity contribution < 1.29 is 4.74 Å².